The van der Waals surface area contributed by atoms with Crippen molar-refractivity contribution >= 4 is 27.6 Å². The number of aliphatic hydroxyl groups excluding tert-OH is 2. The Morgan fingerprint density at radius 1 is 0.548 bits per heavy atom. The Hall–Kier alpha value is -3.00. The van der Waals surface area contributed by atoms with E-state index in [9.17, 15) is 33.8 Å². The minimum Gasteiger partial charge on any atom is -0.462 e. The summed E-state index contributed by atoms with van der Waals surface area (Å²) in [4.78, 5) is 52.7. The molecule has 354 valence electrons. The highest BCUT2D eigenvalue weighted by Crippen LogP contribution is 2.43. The highest BCUT2D eigenvalue weighted by molar-refractivity contribution is 7.47. The second-order valence-electron chi connectivity index (χ2n) is 14.5. The van der Waals surface area contributed by atoms with Crippen molar-refractivity contribution in [3.8, 4) is 0 Å². The molecular weight excluding hydrogens is 838 g/mol. The Balaban J connectivity index is 4.72. The fraction of sp³-hybridized carbons (Fsp3) is 0.609. The van der Waals surface area contributed by atoms with Crippen molar-refractivity contribution in [2.45, 2.75) is 154 Å². The van der Waals surface area contributed by atoms with E-state index in [4.69, 9.17) is 23.8 Å². The summed E-state index contributed by atoms with van der Waals surface area (Å²) in [5.74, 6) is -1.19. The summed E-state index contributed by atoms with van der Waals surface area (Å²) in [7, 11) is -9.73. The summed E-state index contributed by atoms with van der Waals surface area (Å²) in [6.07, 6.45) is 44.4. The van der Waals surface area contributed by atoms with Crippen LogP contribution in [0.25, 0.3) is 0 Å². The SMILES string of the molecule is CC/C=C\C/C=C\CC(O)/C=C/C=C\C/C=C\C/C=C\CCC(=O)OC[C@H](COP(=O)(O)OC[C@@H](O)COP(=O)(O)O)OC(=O)CCCCCCC/C=C\C=C/CCCCCC. The van der Waals surface area contributed by atoms with Crippen LogP contribution in [0, 0.1) is 0 Å². The van der Waals surface area contributed by atoms with Crippen LogP contribution in [-0.4, -0.2) is 81.6 Å². The summed E-state index contributed by atoms with van der Waals surface area (Å²) in [5.41, 5.74) is 0. The number of hydrogen-bond acceptors (Lipinski definition) is 11. The Kier molecular flexibility index (Phi) is 38.8. The van der Waals surface area contributed by atoms with Gasteiger partial charge >= 0.3 is 27.6 Å². The zero-order valence-corrected chi connectivity index (χ0v) is 38.8. The number of phosphoric ester groups is 2. The molecule has 0 aliphatic carbocycles. The van der Waals surface area contributed by atoms with Crippen LogP contribution in [0.3, 0.4) is 0 Å². The lowest BCUT2D eigenvalue weighted by Crippen LogP contribution is -2.29. The van der Waals surface area contributed by atoms with Gasteiger partial charge in [-0.05, 0) is 70.6 Å². The van der Waals surface area contributed by atoms with Crippen molar-refractivity contribution in [1.82, 2.24) is 0 Å². The van der Waals surface area contributed by atoms with E-state index in [0.717, 1.165) is 57.8 Å². The molecule has 0 aromatic heterocycles. The first-order chi connectivity index (χ1) is 29.8. The van der Waals surface area contributed by atoms with E-state index >= 15 is 0 Å². The number of aliphatic hydroxyl groups is 2. The average Bonchev–Trinajstić information content (AvgIpc) is 3.23. The summed E-state index contributed by atoms with van der Waals surface area (Å²) >= 11 is 0. The maximum Gasteiger partial charge on any atom is 0.472 e. The molecule has 0 aromatic rings. The van der Waals surface area contributed by atoms with Crippen molar-refractivity contribution in [2.24, 2.45) is 0 Å². The zero-order valence-electron chi connectivity index (χ0n) is 37.0. The third-order valence-electron chi connectivity index (χ3n) is 8.57. The average molecular weight is 915 g/mol. The topological polar surface area (TPSA) is 216 Å². The lowest BCUT2D eigenvalue weighted by molar-refractivity contribution is -0.161. The Morgan fingerprint density at radius 3 is 1.79 bits per heavy atom. The maximum absolute atomic E-state index is 12.7. The quantitative estimate of drug-likeness (QED) is 0.0127. The van der Waals surface area contributed by atoms with Crippen LogP contribution in [0.5, 0.6) is 0 Å². The van der Waals surface area contributed by atoms with Gasteiger partial charge in [-0.2, -0.15) is 0 Å². The maximum atomic E-state index is 12.7. The minimum atomic E-state index is -4.88. The molecule has 0 saturated heterocycles. The third kappa shape index (κ3) is 43.6. The number of rotatable bonds is 40. The molecule has 4 atom stereocenters. The van der Waals surface area contributed by atoms with E-state index in [0.29, 0.717) is 25.7 Å². The van der Waals surface area contributed by atoms with Gasteiger partial charge in [-0.1, -0.05) is 150 Å². The van der Waals surface area contributed by atoms with Crippen LogP contribution in [0.4, 0.5) is 0 Å². The number of phosphoric acid groups is 2. The van der Waals surface area contributed by atoms with Crippen molar-refractivity contribution in [1.29, 1.82) is 0 Å². The minimum absolute atomic E-state index is 0.0378. The second kappa shape index (κ2) is 40.8. The van der Waals surface area contributed by atoms with Gasteiger partial charge in [0.1, 0.15) is 12.7 Å². The Bertz CT molecular complexity index is 1480. The molecular formula is C46H76O14P2. The Labute approximate surface area is 371 Å². The second-order valence-corrected chi connectivity index (χ2v) is 17.2. The van der Waals surface area contributed by atoms with E-state index in [1.807, 2.05) is 54.7 Å². The van der Waals surface area contributed by atoms with E-state index in [-0.39, 0.29) is 12.8 Å². The number of ether oxygens (including phenoxy) is 2. The summed E-state index contributed by atoms with van der Waals surface area (Å²) in [5, 5.41) is 19.7. The van der Waals surface area contributed by atoms with E-state index in [1.165, 1.54) is 25.7 Å². The largest absolute Gasteiger partial charge is 0.472 e. The summed E-state index contributed by atoms with van der Waals surface area (Å²) in [6.45, 7) is 1.42. The first-order valence-electron chi connectivity index (χ1n) is 22.1. The molecule has 14 nitrogen and oxygen atoms in total. The molecule has 0 fully saturated rings. The molecule has 0 bridgehead atoms. The number of hydrogen-bond donors (Lipinski definition) is 5. The van der Waals surface area contributed by atoms with Crippen LogP contribution < -0.4 is 0 Å². The first kappa shape index (κ1) is 59.0. The van der Waals surface area contributed by atoms with E-state index in [2.05, 4.69) is 59.4 Å². The van der Waals surface area contributed by atoms with Gasteiger partial charge in [-0.3, -0.25) is 23.2 Å². The molecule has 0 aliphatic rings. The van der Waals surface area contributed by atoms with Crippen LogP contribution in [-0.2, 0) is 41.8 Å². The molecule has 0 rings (SSSR count). The molecule has 0 aliphatic heterocycles. The third-order valence-corrected chi connectivity index (χ3v) is 10.0. The Morgan fingerprint density at radius 2 is 1.11 bits per heavy atom. The fourth-order valence-electron chi connectivity index (χ4n) is 5.21. The molecule has 0 aromatic carbocycles. The lowest BCUT2D eigenvalue weighted by Gasteiger charge is -2.20. The molecule has 62 heavy (non-hydrogen) atoms. The monoisotopic (exact) mass is 914 g/mol. The molecule has 5 N–H and O–H groups in total. The lowest BCUT2D eigenvalue weighted by atomic mass is 10.1. The molecule has 16 heteroatoms. The van der Waals surface area contributed by atoms with E-state index in [1.54, 1.807) is 6.08 Å². The van der Waals surface area contributed by atoms with Crippen molar-refractivity contribution in [3.05, 3.63) is 97.2 Å². The van der Waals surface area contributed by atoms with Gasteiger partial charge in [0.2, 0.25) is 0 Å². The van der Waals surface area contributed by atoms with Gasteiger partial charge < -0.3 is 34.4 Å². The standard InChI is InChI=1S/C46H76O14P2/c1-3-5-7-9-11-12-13-14-15-16-17-22-25-29-33-37-46(50)60-44(41-59-62(54,55)58-39-43(48)38-57-61(51,52)53)40-56-45(49)36-32-28-24-21-19-18-20-23-27-31-35-42(47)34-30-26-10-8-6-4-2/h6,8,12-15,18-19,23-24,26-28,30-31,35,42-44,47-48H,3-5,7,9-11,16-17,20-22,25,29,32-34,36-41H2,1-2H3,(H,54,55)(H2,51,52,53)/b8-6-,13-12-,15-14-,19-18-,27-23-,28-24-,30-26-,35-31+/t42?,43-,44+/m0/s1. The van der Waals surface area contributed by atoms with Crippen LogP contribution in [0.15, 0.2) is 97.2 Å². The molecule has 0 radical (unpaired) electrons. The normalized spacial score (nSPS) is 15.4. The number of carbonyl (C=O) groups excluding carboxylic acids is 2. The van der Waals surface area contributed by atoms with Crippen LogP contribution in [0.2, 0.25) is 0 Å². The van der Waals surface area contributed by atoms with Crippen molar-refractivity contribution in [2.75, 3.05) is 26.4 Å². The fourth-order valence-corrected chi connectivity index (χ4v) is 6.37. The number of unbranched alkanes of at least 4 members (excludes halogenated alkanes) is 9. The van der Waals surface area contributed by atoms with Crippen molar-refractivity contribution < 1.29 is 66.7 Å². The zero-order chi connectivity index (χ0) is 46.0. The van der Waals surface area contributed by atoms with Crippen LogP contribution >= 0.6 is 15.6 Å². The predicted molar refractivity (Wildman–Crippen MR) is 245 cm³/mol. The van der Waals surface area contributed by atoms with Gasteiger partial charge in [0, 0.05) is 12.8 Å². The highest BCUT2D eigenvalue weighted by atomic mass is 31.2. The summed E-state index contributed by atoms with van der Waals surface area (Å²) < 4.78 is 47.6. The molecule has 0 heterocycles. The van der Waals surface area contributed by atoms with Crippen LogP contribution in [0.1, 0.15) is 136 Å². The van der Waals surface area contributed by atoms with Gasteiger partial charge in [-0.25, -0.2) is 9.13 Å². The number of carbonyl (C=O) groups is 2. The summed E-state index contributed by atoms with van der Waals surface area (Å²) in [6, 6.07) is 0. The molecule has 0 amide bonds. The van der Waals surface area contributed by atoms with Gasteiger partial charge in [0.25, 0.3) is 0 Å². The van der Waals surface area contributed by atoms with Gasteiger partial charge in [0.15, 0.2) is 6.10 Å². The number of esters is 2. The molecule has 0 saturated carbocycles. The van der Waals surface area contributed by atoms with Crippen molar-refractivity contribution in [3.63, 3.8) is 0 Å². The predicted octanol–water partition coefficient (Wildman–Crippen LogP) is 10.3. The smallest absolute Gasteiger partial charge is 0.462 e. The molecule has 2 unspecified atom stereocenters. The van der Waals surface area contributed by atoms with Gasteiger partial charge in [0.05, 0.1) is 25.9 Å². The molecule has 0 spiro atoms. The highest BCUT2D eigenvalue weighted by Gasteiger charge is 2.28. The van der Waals surface area contributed by atoms with E-state index < -0.39 is 72.3 Å². The van der Waals surface area contributed by atoms with Gasteiger partial charge in [-0.15, -0.1) is 0 Å². The number of allylic oxidation sites excluding steroid dienone is 14. The first-order valence-corrected chi connectivity index (χ1v) is 25.1.